The maximum absolute atomic E-state index is 11.5. The topological polar surface area (TPSA) is 59.0 Å². The fraction of sp³-hybridized carbons (Fsp3) is 0.556. The van der Waals surface area contributed by atoms with Crippen molar-refractivity contribution in [3.8, 4) is 0 Å². The third kappa shape index (κ3) is 2.13. The molecular formula is C9H13ClN4O. The molecule has 2 rings (SSSR count). The van der Waals surface area contributed by atoms with Crippen molar-refractivity contribution in [3.63, 3.8) is 0 Å². The van der Waals surface area contributed by atoms with E-state index in [1.807, 2.05) is 0 Å². The highest BCUT2D eigenvalue weighted by molar-refractivity contribution is 6.32. The molecule has 0 spiro atoms. The predicted molar refractivity (Wildman–Crippen MR) is 59.4 cm³/mol. The van der Waals surface area contributed by atoms with E-state index in [0.717, 1.165) is 19.5 Å². The lowest BCUT2D eigenvalue weighted by Gasteiger charge is -2.13. The van der Waals surface area contributed by atoms with Crippen LogP contribution in [0.3, 0.4) is 0 Å². The minimum absolute atomic E-state index is 0.208. The molecule has 0 bridgehead atoms. The summed E-state index contributed by atoms with van der Waals surface area (Å²) < 4.78 is 1.22. The van der Waals surface area contributed by atoms with Gasteiger partial charge in [-0.3, -0.25) is 4.79 Å². The van der Waals surface area contributed by atoms with Gasteiger partial charge in [0.15, 0.2) is 0 Å². The van der Waals surface area contributed by atoms with Gasteiger partial charge < -0.3 is 10.6 Å². The Labute approximate surface area is 92.4 Å². The molecule has 82 valence electrons. The molecule has 1 aromatic rings. The van der Waals surface area contributed by atoms with Crippen molar-refractivity contribution in [3.05, 3.63) is 21.6 Å². The molecule has 1 fully saturated rings. The summed E-state index contributed by atoms with van der Waals surface area (Å²) >= 11 is 5.92. The molecule has 1 atom stereocenters. The Bertz CT molecular complexity index is 411. The predicted octanol–water partition coefficient (Wildman–Crippen LogP) is 0.207. The lowest BCUT2D eigenvalue weighted by Crippen LogP contribution is -2.26. The van der Waals surface area contributed by atoms with Crippen LogP contribution < -0.4 is 16.2 Å². The fourth-order valence-electron chi connectivity index (χ4n) is 1.61. The molecule has 0 aromatic carbocycles. The Balaban J connectivity index is 2.21. The summed E-state index contributed by atoms with van der Waals surface area (Å²) in [6.07, 6.45) is 2.62. The SMILES string of the molecule is Cn1ncc(N[C@H]2CCNC2)c(Cl)c1=O. The van der Waals surface area contributed by atoms with Crippen LogP contribution >= 0.6 is 11.6 Å². The fourth-order valence-corrected chi connectivity index (χ4v) is 1.83. The molecule has 2 heterocycles. The molecule has 1 aromatic heterocycles. The van der Waals surface area contributed by atoms with Crippen molar-refractivity contribution in [2.75, 3.05) is 18.4 Å². The molecule has 1 aliphatic heterocycles. The Hall–Kier alpha value is -1.07. The average Bonchev–Trinajstić information content (AvgIpc) is 2.72. The van der Waals surface area contributed by atoms with Gasteiger partial charge in [-0.25, -0.2) is 4.68 Å². The normalized spacial score (nSPS) is 20.5. The molecule has 5 nitrogen and oxygen atoms in total. The monoisotopic (exact) mass is 228 g/mol. The first-order valence-corrected chi connectivity index (χ1v) is 5.25. The molecule has 1 saturated heterocycles. The summed E-state index contributed by atoms with van der Waals surface area (Å²) in [5.41, 5.74) is 0.348. The largest absolute Gasteiger partial charge is 0.378 e. The summed E-state index contributed by atoms with van der Waals surface area (Å²) in [7, 11) is 1.58. The minimum atomic E-state index is -0.271. The number of aryl methyl sites for hydroxylation is 1. The maximum atomic E-state index is 11.5. The van der Waals surface area contributed by atoms with Gasteiger partial charge in [0.1, 0.15) is 5.02 Å². The minimum Gasteiger partial charge on any atom is -0.378 e. The molecule has 2 N–H and O–H groups in total. The van der Waals surface area contributed by atoms with Crippen LogP contribution in [0, 0.1) is 0 Å². The van der Waals surface area contributed by atoms with Gasteiger partial charge >= 0.3 is 0 Å². The van der Waals surface area contributed by atoms with E-state index in [9.17, 15) is 4.79 Å². The van der Waals surface area contributed by atoms with Crippen LogP contribution in [0.2, 0.25) is 5.02 Å². The number of anilines is 1. The van der Waals surface area contributed by atoms with Crippen LogP contribution in [0.1, 0.15) is 6.42 Å². The first-order valence-electron chi connectivity index (χ1n) is 4.87. The molecule has 0 unspecified atom stereocenters. The number of aromatic nitrogens is 2. The smallest absolute Gasteiger partial charge is 0.287 e. The molecule has 0 saturated carbocycles. The molecule has 1 aliphatic rings. The lowest BCUT2D eigenvalue weighted by atomic mass is 10.2. The van der Waals surface area contributed by atoms with Crippen LogP contribution in [0.4, 0.5) is 5.69 Å². The zero-order chi connectivity index (χ0) is 10.8. The van der Waals surface area contributed by atoms with Gasteiger partial charge in [-0.05, 0) is 13.0 Å². The highest BCUT2D eigenvalue weighted by atomic mass is 35.5. The third-order valence-electron chi connectivity index (χ3n) is 2.50. The van der Waals surface area contributed by atoms with E-state index < -0.39 is 0 Å². The van der Waals surface area contributed by atoms with Gasteiger partial charge in [0.25, 0.3) is 5.56 Å². The van der Waals surface area contributed by atoms with Crippen LogP contribution in [0.5, 0.6) is 0 Å². The van der Waals surface area contributed by atoms with Crippen molar-refractivity contribution in [1.82, 2.24) is 15.1 Å². The Morgan fingerprint density at radius 3 is 3.20 bits per heavy atom. The summed E-state index contributed by atoms with van der Waals surface area (Å²) in [6, 6.07) is 0.330. The standard InChI is InChI=1S/C9H13ClN4O/c1-14-9(15)8(10)7(5-12-14)13-6-2-3-11-4-6/h5-6,11,13H,2-4H2,1H3/t6-/m0/s1. The highest BCUT2D eigenvalue weighted by Gasteiger charge is 2.16. The molecule has 15 heavy (non-hydrogen) atoms. The summed E-state index contributed by atoms with van der Waals surface area (Å²) in [5.74, 6) is 0. The third-order valence-corrected chi connectivity index (χ3v) is 2.86. The molecule has 0 radical (unpaired) electrons. The maximum Gasteiger partial charge on any atom is 0.287 e. The van der Waals surface area contributed by atoms with Crippen LogP contribution in [-0.4, -0.2) is 28.9 Å². The van der Waals surface area contributed by atoms with Crippen LogP contribution in [0.15, 0.2) is 11.0 Å². The van der Waals surface area contributed by atoms with Crippen molar-refractivity contribution < 1.29 is 0 Å². The van der Waals surface area contributed by atoms with Gasteiger partial charge in [-0.15, -0.1) is 0 Å². The molecule has 0 aliphatic carbocycles. The zero-order valence-electron chi connectivity index (χ0n) is 8.46. The number of nitrogens with zero attached hydrogens (tertiary/aromatic N) is 2. The van der Waals surface area contributed by atoms with E-state index in [0.29, 0.717) is 11.7 Å². The summed E-state index contributed by atoms with van der Waals surface area (Å²) in [5, 5.41) is 10.6. The number of nitrogens with one attached hydrogen (secondary N) is 2. The molecule has 6 heteroatoms. The van der Waals surface area contributed by atoms with Crippen molar-refractivity contribution in [2.24, 2.45) is 7.05 Å². The number of hydrogen-bond donors (Lipinski definition) is 2. The average molecular weight is 229 g/mol. The van der Waals surface area contributed by atoms with Gasteiger partial charge in [0.2, 0.25) is 0 Å². The van der Waals surface area contributed by atoms with E-state index in [1.165, 1.54) is 4.68 Å². The molecular weight excluding hydrogens is 216 g/mol. The molecule has 0 amide bonds. The van der Waals surface area contributed by atoms with Gasteiger partial charge in [0, 0.05) is 19.6 Å². The summed E-state index contributed by atoms with van der Waals surface area (Å²) in [4.78, 5) is 11.5. The summed E-state index contributed by atoms with van der Waals surface area (Å²) in [6.45, 7) is 1.89. The second-order valence-electron chi connectivity index (χ2n) is 3.64. The second kappa shape index (κ2) is 4.20. The van der Waals surface area contributed by atoms with Gasteiger partial charge in [-0.2, -0.15) is 5.10 Å². The van der Waals surface area contributed by atoms with Crippen LogP contribution in [0.25, 0.3) is 0 Å². The Morgan fingerprint density at radius 1 is 1.73 bits per heavy atom. The van der Waals surface area contributed by atoms with Crippen molar-refractivity contribution in [1.29, 1.82) is 0 Å². The van der Waals surface area contributed by atoms with Gasteiger partial charge in [0.05, 0.1) is 11.9 Å². The van der Waals surface area contributed by atoms with E-state index in [1.54, 1.807) is 13.2 Å². The Kier molecular flexibility index (Phi) is 2.93. The first kappa shape index (κ1) is 10.4. The van der Waals surface area contributed by atoms with Crippen molar-refractivity contribution in [2.45, 2.75) is 12.5 Å². The first-order chi connectivity index (χ1) is 7.18. The number of hydrogen-bond acceptors (Lipinski definition) is 4. The number of rotatable bonds is 2. The van der Waals surface area contributed by atoms with Crippen molar-refractivity contribution >= 4 is 17.3 Å². The zero-order valence-corrected chi connectivity index (χ0v) is 9.21. The highest BCUT2D eigenvalue weighted by Crippen LogP contribution is 2.17. The second-order valence-corrected chi connectivity index (χ2v) is 4.01. The quantitative estimate of drug-likeness (QED) is 0.760. The van der Waals surface area contributed by atoms with E-state index in [4.69, 9.17) is 11.6 Å². The van der Waals surface area contributed by atoms with E-state index in [2.05, 4.69) is 15.7 Å². The van der Waals surface area contributed by atoms with E-state index >= 15 is 0 Å². The lowest BCUT2D eigenvalue weighted by molar-refractivity contribution is 0.704. The Morgan fingerprint density at radius 2 is 2.53 bits per heavy atom. The van der Waals surface area contributed by atoms with Crippen LogP contribution in [-0.2, 0) is 7.05 Å². The van der Waals surface area contributed by atoms with Gasteiger partial charge in [-0.1, -0.05) is 11.6 Å². The number of halogens is 1. The van der Waals surface area contributed by atoms with E-state index in [-0.39, 0.29) is 10.6 Å².